The SMILES string of the molecule is CCCCN(C(=O)CC(=O)Nc1ccc(C(F)(F)F)c(C(F)(F)F)c1)c1ccc(C(F)(F)F)c(C(F)(F)F)c1. The zero-order valence-corrected chi connectivity index (χ0v) is 19.6. The number of carbonyl (C=O) groups excluding carboxylic acids is 2. The molecule has 39 heavy (non-hydrogen) atoms. The van der Waals surface area contributed by atoms with Crippen LogP contribution in [0.25, 0.3) is 0 Å². The molecule has 0 aromatic heterocycles. The predicted molar refractivity (Wildman–Crippen MR) is 113 cm³/mol. The number of unbranched alkanes of at least 4 members (excludes halogenated alkanes) is 1. The Morgan fingerprint density at radius 1 is 0.692 bits per heavy atom. The fraction of sp³-hybridized carbons (Fsp3) is 0.391. The third-order valence-corrected chi connectivity index (χ3v) is 5.19. The molecule has 2 aromatic rings. The minimum atomic E-state index is -5.46. The van der Waals surface area contributed by atoms with Crippen molar-refractivity contribution in [2.24, 2.45) is 0 Å². The summed E-state index contributed by atoms with van der Waals surface area (Å²) in [5.74, 6) is -2.56. The van der Waals surface area contributed by atoms with Gasteiger partial charge in [0, 0.05) is 17.9 Å². The van der Waals surface area contributed by atoms with Crippen LogP contribution in [0.5, 0.6) is 0 Å². The molecular weight excluding hydrogens is 564 g/mol. The summed E-state index contributed by atoms with van der Waals surface area (Å²) in [5, 5.41) is 1.81. The van der Waals surface area contributed by atoms with E-state index < -0.39 is 76.6 Å². The van der Waals surface area contributed by atoms with Gasteiger partial charge in [0.2, 0.25) is 11.8 Å². The van der Waals surface area contributed by atoms with Crippen molar-refractivity contribution < 1.29 is 62.3 Å². The first-order valence-corrected chi connectivity index (χ1v) is 10.8. The predicted octanol–water partition coefficient (Wildman–Crippen LogP) is 7.92. The molecule has 0 atom stereocenters. The van der Waals surface area contributed by atoms with Crippen LogP contribution in [0.15, 0.2) is 36.4 Å². The van der Waals surface area contributed by atoms with Crippen LogP contribution in [0.3, 0.4) is 0 Å². The molecule has 0 aliphatic rings. The van der Waals surface area contributed by atoms with E-state index in [-0.39, 0.29) is 37.2 Å². The molecule has 0 spiro atoms. The molecule has 0 saturated heterocycles. The molecule has 0 fully saturated rings. The van der Waals surface area contributed by atoms with Gasteiger partial charge in [-0.25, -0.2) is 0 Å². The third-order valence-electron chi connectivity index (χ3n) is 5.19. The van der Waals surface area contributed by atoms with Gasteiger partial charge in [0.05, 0.1) is 22.3 Å². The van der Waals surface area contributed by atoms with Crippen LogP contribution in [0, 0.1) is 0 Å². The van der Waals surface area contributed by atoms with E-state index in [0.717, 1.165) is 0 Å². The van der Waals surface area contributed by atoms with Gasteiger partial charge in [0.25, 0.3) is 0 Å². The van der Waals surface area contributed by atoms with Gasteiger partial charge in [-0.05, 0) is 42.8 Å². The van der Waals surface area contributed by atoms with Crippen LogP contribution >= 0.6 is 0 Å². The number of benzene rings is 2. The van der Waals surface area contributed by atoms with E-state index in [9.17, 15) is 62.3 Å². The van der Waals surface area contributed by atoms with E-state index in [2.05, 4.69) is 0 Å². The Labute approximate surface area is 212 Å². The average Bonchev–Trinajstić information content (AvgIpc) is 2.76. The molecule has 0 aliphatic carbocycles. The molecule has 0 saturated carbocycles. The van der Waals surface area contributed by atoms with E-state index >= 15 is 0 Å². The Bertz CT molecular complexity index is 1200. The largest absolute Gasteiger partial charge is 0.417 e. The number of alkyl halides is 12. The monoisotopic (exact) mass is 582 g/mol. The van der Waals surface area contributed by atoms with Gasteiger partial charge < -0.3 is 10.2 Å². The summed E-state index contributed by atoms with van der Waals surface area (Å²) in [6.07, 6.45) is -22.4. The Morgan fingerprint density at radius 3 is 1.62 bits per heavy atom. The zero-order valence-electron chi connectivity index (χ0n) is 19.6. The van der Waals surface area contributed by atoms with Gasteiger partial charge in [0.1, 0.15) is 6.42 Å². The normalized spacial score (nSPS) is 12.8. The highest BCUT2D eigenvalue weighted by Gasteiger charge is 2.44. The maximum atomic E-state index is 13.3. The number of halogens is 12. The molecule has 0 radical (unpaired) electrons. The first kappa shape index (κ1) is 31.8. The van der Waals surface area contributed by atoms with E-state index in [0.29, 0.717) is 23.5 Å². The molecule has 0 bridgehead atoms. The van der Waals surface area contributed by atoms with Gasteiger partial charge in [-0.2, -0.15) is 52.7 Å². The molecule has 2 rings (SSSR count). The quantitative estimate of drug-likeness (QED) is 0.266. The number of carbonyl (C=O) groups is 2. The first-order chi connectivity index (χ1) is 17.7. The minimum absolute atomic E-state index is 0.00841. The van der Waals surface area contributed by atoms with Crippen LogP contribution in [0.2, 0.25) is 0 Å². The third kappa shape index (κ3) is 8.26. The van der Waals surface area contributed by atoms with E-state index in [1.807, 2.05) is 5.32 Å². The molecule has 0 heterocycles. The van der Waals surface area contributed by atoms with Crippen molar-refractivity contribution in [3.63, 3.8) is 0 Å². The van der Waals surface area contributed by atoms with Crippen LogP contribution in [-0.4, -0.2) is 18.4 Å². The van der Waals surface area contributed by atoms with Crippen LogP contribution in [0.1, 0.15) is 48.4 Å². The number of hydrogen-bond donors (Lipinski definition) is 1. The molecule has 0 unspecified atom stereocenters. The topological polar surface area (TPSA) is 49.4 Å². The van der Waals surface area contributed by atoms with Crippen LogP contribution < -0.4 is 10.2 Å². The second kappa shape index (κ2) is 11.3. The van der Waals surface area contributed by atoms with Gasteiger partial charge in [-0.3, -0.25) is 9.59 Å². The minimum Gasteiger partial charge on any atom is -0.326 e. The fourth-order valence-electron chi connectivity index (χ4n) is 3.44. The van der Waals surface area contributed by atoms with Crippen molar-refractivity contribution in [2.45, 2.75) is 50.9 Å². The van der Waals surface area contributed by atoms with Crippen LogP contribution in [0.4, 0.5) is 64.1 Å². The summed E-state index contributed by atoms with van der Waals surface area (Å²) in [7, 11) is 0. The second-order valence-electron chi connectivity index (χ2n) is 8.11. The summed E-state index contributed by atoms with van der Waals surface area (Å²) >= 11 is 0. The summed E-state index contributed by atoms with van der Waals surface area (Å²) in [6.45, 7) is 1.29. The number of nitrogens with zero attached hydrogens (tertiary/aromatic N) is 1. The van der Waals surface area contributed by atoms with E-state index in [4.69, 9.17) is 0 Å². The van der Waals surface area contributed by atoms with Crippen molar-refractivity contribution in [2.75, 3.05) is 16.8 Å². The van der Waals surface area contributed by atoms with Gasteiger partial charge in [0.15, 0.2) is 0 Å². The van der Waals surface area contributed by atoms with Crippen molar-refractivity contribution in [3.05, 3.63) is 58.7 Å². The van der Waals surface area contributed by atoms with Crippen molar-refractivity contribution in [3.8, 4) is 0 Å². The van der Waals surface area contributed by atoms with Crippen molar-refractivity contribution >= 4 is 23.2 Å². The Hall–Kier alpha value is -3.46. The molecule has 1 N–H and O–H groups in total. The molecular formula is C23H18F12N2O2. The smallest absolute Gasteiger partial charge is 0.326 e. The number of anilines is 2. The molecule has 0 aliphatic heterocycles. The highest BCUT2D eigenvalue weighted by molar-refractivity contribution is 6.09. The number of hydrogen-bond acceptors (Lipinski definition) is 2. The summed E-state index contributed by atoms with van der Waals surface area (Å²) < 4.78 is 157. The Balaban J connectivity index is 2.36. The Kier molecular flexibility index (Phi) is 9.23. The summed E-state index contributed by atoms with van der Waals surface area (Å²) in [4.78, 5) is 25.6. The fourth-order valence-corrected chi connectivity index (χ4v) is 3.44. The lowest BCUT2D eigenvalue weighted by Crippen LogP contribution is -2.35. The summed E-state index contributed by atoms with van der Waals surface area (Å²) in [5.41, 5.74) is -9.64. The number of nitrogens with one attached hydrogen (secondary N) is 1. The Morgan fingerprint density at radius 2 is 1.15 bits per heavy atom. The molecule has 2 aromatic carbocycles. The molecule has 2 amide bonds. The number of amides is 2. The summed E-state index contributed by atoms with van der Waals surface area (Å²) in [6, 6.07) is 1.35. The molecule has 4 nitrogen and oxygen atoms in total. The maximum absolute atomic E-state index is 13.3. The van der Waals surface area contributed by atoms with Gasteiger partial charge >= 0.3 is 24.7 Å². The highest BCUT2D eigenvalue weighted by atomic mass is 19.4. The lowest BCUT2D eigenvalue weighted by molar-refractivity contribution is -0.162. The van der Waals surface area contributed by atoms with Crippen LogP contribution in [-0.2, 0) is 34.3 Å². The lowest BCUT2D eigenvalue weighted by atomic mass is 10.0. The number of rotatable bonds is 7. The lowest BCUT2D eigenvalue weighted by Gasteiger charge is -2.25. The first-order valence-electron chi connectivity index (χ1n) is 10.8. The highest BCUT2D eigenvalue weighted by Crippen LogP contribution is 2.43. The standard InChI is InChI=1S/C23H18F12N2O2/c1-2-3-8-37(13-5-7-15(21(27,28)29)17(10-13)23(33,34)35)19(39)11-18(38)36-12-4-6-14(20(24,25)26)16(9-12)22(30,31)32/h4-7,9-10H,2-3,8,11H2,1H3,(H,36,38). The van der Waals surface area contributed by atoms with Gasteiger partial charge in [-0.1, -0.05) is 13.3 Å². The molecule has 216 valence electrons. The van der Waals surface area contributed by atoms with E-state index in [1.54, 1.807) is 6.92 Å². The van der Waals surface area contributed by atoms with E-state index in [1.165, 1.54) is 0 Å². The van der Waals surface area contributed by atoms with Crippen molar-refractivity contribution in [1.29, 1.82) is 0 Å². The molecule has 16 heteroatoms. The second-order valence-corrected chi connectivity index (χ2v) is 8.11. The van der Waals surface area contributed by atoms with Gasteiger partial charge in [-0.15, -0.1) is 0 Å². The zero-order chi connectivity index (χ0) is 30.0. The maximum Gasteiger partial charge on any atom is 0.417 e. The van der Waals surface area contributed by atoms with Crippen molar-refractivity contribution in [1.82, 2.24) is 0 Å². The average molecular weight is 582 g/mol.